The van der Waals surface area contributed by atoms with Crippen LogP contribution < -0.4 is 9.47 Å². The fraction of sp³-hybridized carbons (Fsp3) is 0.353. The zero-order valence-corrected chi connectivity index (χ0v) is 12.9. The van der Waals surface area contributed by atoms with E-state index in [4.69, 9.17) is 9.47 Å². The SMILES string of the molecule is Cc1nccc([C@@H]2CCCN2C(=O)c2ccc3c(c2)OCO3)n1. The molecule has 1 amide bonds. The van der Waals surface area contributed by atoms with Crippen molar-refractivity contribution in [2.75, 3.05) is 13.3 Å². The maximum absolute atomic E-state index is 12.9. The van der Waals surface area contributed by atoms with Gasteiger partial charge in [-0.3, -0.25) is 4.79 Å². The molecule has 0 radical (unpaired) electrons. The molecule has 118 valence electrons. The van der Waals surface area contributed by atoms with Gasteiger partial charge in [-0.15, -0.1) is 0 Å². The summed E-state index contributed by atoms with van der Waals surface area (Å²) in [5.41, 5.74) is 1.52. The second-order valence-corrected chi connectivity index (χ2v) is 5.75. The predicted octanol–water partition coefficient (Wildman–Crippen LogP) is 2.49. The molecule has 0 spiro atoms. The molecule has 1 aromatic heterocycles. The number of rotatable bonds is 2. The number of hydrogen-bond donors (Lipinski definition) is 0. The lowest BCUT2D eigenvalue weighted by Gasteiger charge is -2.24. The van der Waals surface area contributed by atoms with E-state index in [0.717, 1.165) is 30.9 Å². The Bertz CT molecular complexity index is 762. The molecular formula is C17H17N3O3. The first-order valence-electron chi connectivity index (χ1n) is 7.72. The van der Waals surface area contributed by atoms with Crippen molar-refractivity contribution >= 4 is 5.91 Å². The van der Waals surface area contributed by atoms with E-state index >= 15 is 0 Å². The molecule has 0 aliphatic carbocycles. The van der Waals surface area contributed by atoms with Gasteiger partial charge in [-0.05, 0) is 44.0 Å². The first kappa shape index (κ1) is 14.0. The second-order valence-electron chi connectivity index (χ2n) is 5.75. The molecular weight excluding hydrogens is 294 g/mol. The fourth-order valence-electron chi connectivity index (χ4n) is 3.17. The van der Waals surface area contributed by atoms with Crippen LogP contribution in [0, 0.1) is 6.92 Å². The average molecular weight is 311 g/mol. The van der Waals surface area contributed by atoms with Crippen molar-refractivity contribution < 1.29 is 14.3 Å². The third kappa shape index (κ3) is 2.50. The number of carbonyl (C=O) groups is 1. The first-order valence-corrected chi connectivity index (χ1v) is 7.72. The van der Waals surface area contributed by atoms with Crippen LogP contribution in [0.1, 0.15) is 40.8 Å². The van der Waals surface area contributed by atoms with E-state index in [1.807, 2.05) is 17.9 Å². The summed E-state index contributed by atoms with van der Waals surface area (Å²) in [4.78, 5) is 23.4. The number of carbonyl (C=O) groups excluding carboxylic acids is 1. The summed E-state index contributed by atoms with van der Waals surface area (Å²) >= 11 is 0. The minimum Gasteiger partial charge on any atom is -0.454 e. The molecule has 1 atom stereocenters. The Morgan fingerprint density at radius 1 is 1.26 bits per heavy atom. The van der Waals surface area contributed by atoms with E-state index in [2.05, 4.69) is 9.97 Å². The molecule has 6 heteroatoms. The third-order valence-electron chi connectivity index (χ3n) is 4.27. The van der Waals surface area contributed by atoms with E-state index in [1.54, 1.807) is 24.4 Å². The zero-order chi connectivity index (χ0) is 15.8. The maximum atomic E-state index is 12.9. The van der Waals surface area contributed by atoms with Crippen LogP contribution in [0.15, 0.2) is 30.5 Å². The van der Waals surface area contributed by atoms with Crippen molar-refractivity contribution in [3.8, 4) is 11.5 Å². The number of likely N-dealkylation sites (tertiary alicyclic amines) is 1. The van der Waals surface area contributed by atoms with Crippen molar-refractivity contribution in [1.29, 1.82) is 0 Å². The van der Waals surface area contributed by atoms with E-state index in [-0.39, 0.29) is 18.7 Å². The van der Waals surface area contributed by atoms with Gasteiger partial charge in [0.25, 0.3) is 5.91 Å². The highest BCUT2D eigenvalue weighted by Crippen LogP contribution is 2.35. The van der Waals surface area contributed by atoms with E-state index < -0.39 is 0 Å². The number of hydrogen-bond acceptors (Lipinski definition) is 5. The number of amides is 1. The lowest BCUT2D eigenvalue weighted by Crippen LogP contribution is -2.31. The highest BCUT2D eigenvalue weighted by Gasteiger charge is 2.32. The van der Waals surface area contributed by atoms with Crippen molar-refractivity contribution in [3.63, 3.8) is 0 Å². The number of nitrogens with zero attached hydrogens (tertiary/aromatic N) is 3. The van der Waals surface area contributed by atoms with E-state index in [1.165, 1.54) is 0 Å². The molecule has 2 aromatic rings. The Morgan fingerprint density at radius 3 is 3.00 bits per heavy atom. The Balaban J connectivity index is 1.62. The molecule has 1 saturated heterocycles. The van der Waals surface area contributed by atoms with Crippen LogP contribution in [-0.2, 0) is 0 Å². The van der Waals surface area contributed by atoms with Gasteiger partial charge in [-0.1, -0.05) is 0 Å². The Kier molecular flexibility index (Phi) is 3.37. The van der Waals surface area contributed by atoms with Gasteiger partial charge in [0.15, 0.2) is 11.5 Å². The van der Waals surface area contributed by atoms with Crippen LogP contribution in [0.4, 0.5) is 0 Å². The molecule has 0 N–H and O–H groups in total. The molecule has 0 bridgehead atoms. The minimum atomic E-state index is 0.00191. The van der Waals surface area contributed by atoms with Crippen molar-refractivity contribution in [3.05, 3.63) is 47.5 Å². The normalized spacial score (nSPS) is 19.2. The quantitative estimate of drug-likeness (QED) is 0.852. The largest absolute Gasteiger partial charge is 0.454 e. The Labute approximate surface area is 134 Å². The number of benzene rings is 1. The van der Waals surface area contributed by atoms with Crippen molar-refractivity contribution in [1.82, 2.24) is 14.9 Å². The van der Waals surface area contributed by atoms with Gasteiger partial charge in [-0.25, -0.2) is 9.97 Å². The topological polar surface area (TPSA) is 64.6 Å². The summed E-state index contributed by atoms with van der Waals surface area (Å²) in [6.07, 6.45) is 3.65. The Hall–Kier alpha value is -2.63. The molecule has 2 aliphatic heterocycles. The predicted molar refractivity (Wildman–Crippen MR) is 82.3 cm³/mol. The lowest BCUT2D eigenvalue weighted by atomic mass is 10.1. The maximum Gasteiger partial charge on any atom is 0.254 e. The molecule has 1 fully saturated rings. The van der Waals surface area contributed by atoms with Crippen molar-refractivity contribution in [2.45, 2.75) is 25.8 Å². The molecule has 23 heavy (non-hydrogen) atoms. The van der Waals surface area contributed by atoms with Gasteiger partial charge >= 0.3 is 0 Å². The summed E-state index contributed by atoms with van der Waals surface area (Å²) in [7, 11) is 0. The highest BCUT2D eigenvalue weighted by molar-refractivity contribution is 5.95. The molecule has 2 aliphatic rings. The van der Waals surface area contributed by atoms with Crippen LogP contribution in [0.5, 0.6) is 11.5 Å². The molecule has 0 unspecified atom stereocenters. The van der Waals surface area contributed by atoms with Crippen LogP contribution in [-0.4, -0.2) is 34.1 Å². The number of fused-ring (bicyclic) bond motifs is 1. The molecule has 3 heterocycles. The standard InChI is InChI=1S/C17H17N3O3/c1-11-18-7-6-13(19-11)14-3-2-8-20(14)17(21)12-4-5-15-16(9-12)23-10-22-15/h4-7,9,14H,2-3,8,10H2,1H3/t14-/m0/s1. The number of ether oxygens (including phenoxy) is 2. The summed E-state index contributed by atoms with van der Waals surface area (Å²) < 4.78 is 10.7. The summed E-state index contributed by atoms with van der Waals surface area (Å²) in [6.45, 7) is 2.81. The van der Waals surface area contributed by atoms with Gasteiger partial charge in [-0.2, -0.15) is 0 Å². The van der Waals surface area contributed by atoms with Gasteiger partial charge in [0.1, 0.15) is 5.82 Å². The second kappa shape index (κ2) is 5.53. The zero-order valence-electron chi connectivity index (χ0n) is 12.9. The third-order valence-corrected chi connectivity index (χ3v) is 4.27. The summed E-state index contributed by atoms with van der Waals surface area (Å²) in [6, 6.07) is 7.23. The highest BCUT2D eigenvalue weighted by atomic mass is 16.7. The molecule has 1 aromatic carbocycles. The van der Waals surface area contributed by atoms with E-state index in [0.29, 0.717) is 17.1 Å². The fourth-order valence-corrected chi connectivity index (χ4v) is 3.17. The summed E-state index contributed by atoms with van der Waals surface area (Å²) in [5.74, 6) is 2.04. The monoisotopic (exact) mass is 311 g/mol. The summed E-state index contributed by atoms with van der Waals surface area (Å²) in [5, 5.41) is 0. The van der Waals surface area contributed by atoms with Crippen LogP contribution in [0.25, 0.3) is 0 Å². The molecule has 4 rings (SSSR count). The minimum absolute atomic E-state index is 0.00191. The van der Waals surface area contributed by atoms with Gasteiger partial charge < -0.3 is 14.4 Å². The van der Waals surface area contributed by atoms with Crippen LogP contribution in [0.2, 0.25) is 0 Å². The van der Waals surface area contributed by atoms with Gasteiger partial charge in [0, 0.05) is 18.3 Å². The molecule has 6 nitrogen and oxygen atoms in total. The Morgan fingerprint density at radius 2 is 2.13 bits per heavy atom. The lowest BCUT2D eigenvalue weighted by molar-refractivity contribution is 0.0732. The van der Waals surface area contributed by atoms with Crippen LogP contribution >= 0.6 is 0 Å². The average Bonchev–Trinajstić information content (AvgIpc) is 3.22. The smallest absolute Gasteiger partial charge is 0.254 e. The number of aryl methyl sites for hydroxylation is 1. The van der Waals surface area contributed by atoms with Crippen molar-refractivity contribution in [2.24, 2.45) is 0 Å². The van der Waals surface area contributed by atoms with Crippen LogP contribution in [0.3, 0.4) is 0 Å². The van der Waals surface area contributed by atoms with Gasteiger partial charge in [0.05, 0.1) is 11.7 Å². The molecule has 0 saturated carbocycles. The number of aromatic nitrogens is 2. The first-order chi connectivity index (χ1) is 11.2. The van der Waals surface area contributed by atoms with Gasteiger partial charge in [0.2, 0.25) is 6.79 Å². The van der Waals surface area contributed by atoms with E-state index in [9.17, 15) is 4.79 Å².